The second-order valence-electron chi connectivity index (χ2n) is 6.85. The summed E-state index contributed by atoms with van der Waals surface area (Å²) in [5.41, 5.74) is 0.160. The van der Waals surface area contributed by atoms with Crippen LogP contribution in [0.4, 0.5) is 0 Å². The monoisotopic (exact) mass is 377 g/mol. The van der Waals surface area contributed by atoms with Crippen molar-refractivity contribution < 1.29 is 23.9 Å². The van der Waals surface area contributed by atoms with Crippen molar-refractivity contribution in [3.05, 3.63) is 22.5 Å². The normalized spacial score (nSPS) is 14.0. The first-order valence-corrected chi connectivity index (χ1v) is 8.79. The van der Waals surface area contributed by atoms with Gasteiger partial charge in [-0.05, 0) is 46.1 Å². The molecule has 1 rings (SSSR count). The summed E-state index contributed by atoms with van der Waals surface area (Å²) >= 11 is 0. The van der Waals surface area contributed by atoms with Crippen molar-refractivity contribution in [1.82, 2.24) is 10.3 Å². The van der Waals surface area contributed by atoms with E-state index < -0.39 is 29.5 Å². The second kappa shape index (κ2) is 8.71. The summed E-state index contributed by atoms with van der Waals surface area (Å²) in [6.07, 6.45) is -1.11. The van der Waals surface area contributed by atoms with Gasteiger partial charge in [-0.25, -0.2) is 9.59 Å². The smallest absolute Gasteiger partial charge is 0.355 e. The van der Waals surface area contributed by atoms with Crippen LogP contribution in [0.2, 0.25) is 0 Å². The Balaban J connectivity index is 2.94. The Bertz CT molecular complexity index is 775. The van der Waals surface area contributed by atoms with Crippen LogP contribution < -0.4 is 5.32 Å². The number of aromatic nitrogens is 1. The fourth-order valence-corrected chi connectivity index (χ4v) is 2.40. The van der Waals surface area contributed by atoms with Crippen LogP contribution in [0.5, 0.6) is 0 Å². The molecule has 0 saturated carbocycles. The number of hydrogen-bond acceptors (Lipinski definition) is 6. The van der Waals surface area contributed by atoms with Crippen molar-refractivity contribution in [2.24, 2.45) is 5.92 Å². The molecular weight excluding hydrogens is 350 g/mol. The molecule has 0 bridgehead atoms. The lowest BCUT2D eigenvalue weighted by Crippen LogP contribution is -2.52. The maximum atomic E-state index is 12.4. The van der Waals surface area contributed by atoms with Gasteiger partial charge in [0.2, 0.25) is 0 Å². The Hall–Kier alpha value is -2.82. The predicted octanol–water partition coefficient (Wildman–Crippen LogP) is 2.41. The maximum Gasteiger partial charge on any atom is 0.355 e. The molecule has 0 aliphatic rings. The van der Waals surface area contributed by atoms with Crippen molar-refractivity contribution in [3.8, 4) is 6.07 Å². The lowest BCUT2D eigenvalue weighted by Gasteiger charge is -2.28. The average molecular weight is 377 g/mol. The van der Waals surface area contributed by atoms with E-state index in [2.05, 4.69) is 16.4 Å². The van der Waals surface area contributed by atoms with Crippen LogP contribution in [0.15, 0.2) is 0 Å². The third kappa shape index (κ3) is 4.88. The number of nitrogens with zero attached hydrogens (tertiary/aromatic N) is 1. The number of esters is 2. The van der Waals surface area contributed by atoms with Crippen LogP contribution in [0.1, 0.15) is 66.7 Å². The molecule has 0 saturated heterocycles. The molecule has 148 valence electrons. The summed E-state index contributed by atoms with van der Waals surface area (Å²) in [6.45, 7) is 11.8. The van der Waals surface area contributed by atoms with Gasteiger partial charge < -0.3 is 19.8 Å². The number of aryl methyl sites for hydroxylation is 1. The van der Waals surface area contributed by atoms with Crippen molar-refractivity contribution in [2.45, 2.75) is 60.1 Å². The largest absolute Gasteiger partial charge is 0.462 e. The highest BCUT2D eigenvalue weighted by molar-refractivity contribution is 5.99. The SMILES string of the molecule is CCOC(=O)c1c(C)[nH]c(C(=O)O[C@@H](C)C(=O)N[C@@](C)(C#N)C(C)C)c1C. The van der Waals surface area contributed by atoms with Gasteiger partial charge in [-0.3, -0.25) is 4.79 Å². The van der Waals surface area contributed by atoms with E-state index in [9.17, 15) is 19.6 Å². The molecule has 0 aromatic carbocycles. The van der Waals surface area contributed by atoms with Crippen LogP contribution in [0.25, 0.3) is 0 Å². The number of carbonyl (C=O) groups is 3. The number of hydrogen-bond donors (Lipinski definition) is 2. The molecule has 8 heteroatoms. The molecule has 0 spiro atoms. The zero-order valence-electron chi connectivity index (χ0n) is 16.9. The molecule has 1 heterocycles. The van der Waals surface area contributed by atoms with E-state index in [-0.39, 0.29) is 23.8 Å². The summed E-state index contributed by atoms with van der Waals surface area (Å²) < 4.78 is 10.2. The Morgan fingerprint density at radius 3 is 2.30 bits per heavy atom. The van der Waals surface area contributed by atoms with E-state index in [0.29, 0.717) is 11.3 Å². The molecule has 1 amide bonds. The number of aromatic amines is 1. The molecule has 2 N–H and O–H groups in total. The summed E-state index contributed by atoms with van der Waals surface area (Å²) in [5, 5.41) is 11.9. The first kappa shape index (κ1) is 22.2. The van der Waals surface area contributed by atoms with E-state index >= 15 is 0 Å². The molecule has 1 aromatic rings. The number of nitrogens with one attached hydrogen (secondary N) is 2. The van der Waals surface area contributed by atoms with Crippen LogP contribution in [-0.2, 0) is 14.3 Å². The van der Waals surface area contributed by atoms with Gasteiger partial charge in [-0.2, -0.15) is 5.26 Å². The lowest BCUT2D eigenvalue weighted by atomic mass is 9.90. The molecule has 2 atom stereocenters. The molecule has 0 aliphatic carbocycles. The van der Waals surface area contributed by atoms with Gasteiger partial charge in [-0.1, -0.05) is 13.8 Å². The van der Waals surface area contributed by atoms with Gasteiger partial charge in [0.25, 0.3) is 5.91 Å². The highest BCUT2D eigenvalue weighted by Crippen LogP contribution is 2.21. The Kier molecular flexibility index (Phi) is 7.17. The number of ether oxygens (including phenoxy) is 2. The van der Waals surface area contributed by atoms with Gasteiger partial charge in [0.05, 0.1) is 18.2 Å². The fourth-order valence-electron chi connectivity index (χ4n) is 2.40. The minimum Gasteiger partial charge on any atom is -0.462 e. The average Bonchev–Trinajstić information content (AvgIpc) is 2.89. The molecule has 0 aliphatic heterocycles. The Labute approximate surface area is 159 Å². The third-order valence-corrected chi connectivity index (χ3v) is 4.54. The van der Waals surface area contributed by atoms with Crippen molar-refractivity contribution >= 4 is 17.8 Å². The predicted molar refractivity (Wildman–Crippen MR) is 98.1 cm³/mol. The minimum absolute atomic E-state index is 0.0853. The van der Waals surface area contributed by atoms with Gasteiger partial charge in [0.15, 0.2) is 6.10 Å². The van der Waals surface area contributed by atoms with Gasteiger partial charge in [-0.15, -0.1) is 0 Å². The van der Waals surface area contributed by atoms with Crippen LogP contribution in [0, 0.1) is 31.1 Å². The molecular formula is C19H27N3O5. The standard InChI is InChI=1S/C19H27N3O5/c1-8-26-17(24)14-11(4)15(21-12(14)5)18(25)27-13(6)16(23)22-19(7,9-20)10(2)3/h10,13,21H,8H2,1-7H3,(H,22,23)/t13-,19-/m0/s1. The second-order valence-corrected chi connectivity index (χ2v) is 6.85. The van der Waals surface area contributed by atoms with E-state index in [4.69, 9.17) is 9.47 Å². The number of amides is 1. The first-order valence-electron chi connectivity index (χ1n) is 8.79. The van der Waals surface area contributed by atoms with E-state index in [1.54, 1.807) is 27.7 Å². The van der Waals surface area contributed by atoms with Crippen LogP contribution in [0.3, 0.4) is 0 Å². The number of nitriles is 1. The quantitative estimate of drug-likeness (QED) is 0.704. The summed E-state index contributed by atoms with van der Waals surface area (Å²) in [5.74, 6) is -2.00. The van der Waals surface area contributed by atoms with E-state index in [1.807, 2.05) is 13.8 Å². The number of H-pyrrole nitrogens is 1. The van der Waals surface area contributed by atoms with Crippen molar-refractivity contribution in [1.29, 1.82) is 5.26 Å². The number of rotatable bonds is 7. The van der Waals surface area contributed by atoms with E-state index in [0.717, 1.165) is 0 Å². The summed E-state index contributed by atoms with van der Waals surface area (Å²) in [6, 6.07) is 2.06. The Morgan fingerprint density at radius 1 is 1.22 bits per heavy atom. The van der Waals surface area contributed by atoms with Crippen molar-refractivity contribution in [3.63, 3.8) is 0 Å². The molecule has 8 nitrogen and oxygen atoms in total. The first-order chi connectivity index (χ1) is 12.5. The van der Waals surface area contributed by atoms with Gasteiger partial charge >= 0.3 is 11.9 Å². The molecule has 0 fully saturated rings. The topological polar surface area (TPSA) is 121 Å². The van der Waals surface area contributed by atoms with Gasteiger partial charge in [0.1, 0.15) is 11.2 Å². The third-order valence-electron chi connectivity index (χ3n) is 4.54. The van der Waals surface area contributed by atoms with E-state index in [1.165, 1.54) is 6.92 Å². The summed E-state index contributed by atoms with van der Waals surface area (Å²) in [4.78, 5) is 39.6. The summed E-state index contributed by atoms with van der Waals surface area (Å²) in [7, 11) is 0. The molecule has 27 heavy (non-hydrogen) atoms. The maximum absolute atomic E-state index is 12.4. The zero-order valence-corrected chi connectivity index (χ0v) is 16.9. The highest BCUT2D eigenvalue weighted by atomic mass is 16.5. The van der Waals surface area contributed by atoms with Gasteiger partial charge in [0, 0.05) is 5.69 Å². The zero-order chi connectivity index (χ0) is 20.9. The Morgan fingerprint density at radius 2 is 1.81 bits per heavy atom. The molecule has 0 unspecified atom stereocenters. The van der Waals surface area contributed by atoms with Crippen LogP contribution >= 0.6 is 0 Å². The van der Waals surface area contributed by atoms with Crippen molar-refractivity contribution in [2.75, 3.05) is 6.61 Å². The lowest BCUT2D eigenvalue weighted by molar-refractivity contribution is -0.130. The minimum atomic E-state index is -1.11. The highest BCUT2D eigenvalue weighted by Gasteiger charge is 2.33. The molecule has 0 radical (unpaired) electrons. The molecule has 1 aromatic heterocycles. The van der Waals surface area contributed by atoms with Crippen LogP contribution in [-0.4, -0.2) is 41.1 Å². The fraction of sp³-hybridized carbons (Fsp3) is 0.579. The number of carbonyl (C=O) groups excluding carboxylic acids is 3.